The molecule has 0 bridgehead atoms. The quantitative estimate of drug-likeness (QED) is 0.913. The third-order valence-corrected chi connectivity index (χ3v) is 4.88. The van der Waals surface area contributed by atoms with Crippen molar-refractivity contribution in [1.29, 1.82) is 0 Å². The predicted octanol–water partition coefficient (Wildman–Crippen LogP) is 1.97. The van der Waals surface area contributed by atoms with Crippen LogP contribution in [0, 0.1) is 0 Å². The molecule has 0 unspecified atom stereocenters. The Balaban J connectivity index is 1.88. The second kappa shape index (κ2) is 5.62. The van der Waals surface area contributed by atoms with Crippen LogP contribution < -0.4 is 15.8 Å². The monoisotopic (exact) mass is 291 g/mol. The van der Waals surface area contributed by atoms with Gasteiger partial charge < -0.3 is 10.1 Å². The van der Waals surface area contributed by atoms with Gasteiger partial charge in [-0.3, -0.25) is 0 Å². The molecule has 2 aliphatic rings. The number of rotatable bonds is 2. The number of nitrogens with one attached hydrogen (secondary N) is 1. The van der Waals surface area contributed by atoms with Crippen molar-refractivity contribution >= 4 is 11.8 Å². The maximum absolute atomic E-state index is 6.32. The van der Waals surface area contributed by atoms with Crippen LogP contribution in [0.3, 0.4) is 0 Å². The lowest BCUT2D eigenvalue weighted by atomic mass is 9.79. The molecule has 112 valence electrons. The van der Waals surface area contributed by atoms with E-state index in [1.807, 2.05) is 6.26 Å². The molecule has 4 rings (SSSR count). The van der Waals surface area contributed by atoms with Gasteiger partial charge in [-0.25, -0.2) is 0 Å². The first-order valence-corrected chi connectivity index (χ1v) is 8.09. The molecule has 1 saturated heterocycles. The minimum atomic E-state index is -0.130. The summed E-state index contributed by atoms with van der Waals surface area (Å²) in [6, 6.07) is 19.3. The van der Waals surface area contributed by atoms with Crippen LogP contribution in [0.1, 0.15) is 18.4 Å². The molecule has 0 saturated carbocycles. The standard InChI is InChI=1S/C20H21NO/c1-2-6-16(7-3-1)14-19-18-9-5-4-8-17(18)15-22-20(19)10-12-21-13-11-20/h1-9,15,21H,10-14H2. The van der Waals surface area contributed by atoms with E-state index in [2.05, 4.69) is 59.9 Å². The van der Waals surface area contributed by atoms with Gasteiger partial charge >= 0.3 is 0 Å². The molecule has 2 aliphatic heterocycles. The minimum Gasteiger partial charge on any atom is -0.490 e. The summed E-state index contributed by atoms with van der Waals surface area (Å²) in [7, 11) is 0. The summed E-state index contributed by atoms with van der Waals surface area (Å²) in [6.45, 7) is 2.04. The zero-order valence-corrected chi connectivity index (χ0v) is 12.7. The van der Waals surface area contributed by atoms with Crippen molar-refractivity contribution in [2.45, 2.75) is 24.9 Å². The number of hydrogen-bond acceptors (Lipinski definition) is 2. The molecule has 1 N–H and O–H groups in total. The Hall–Kier alpha value is -2.06. The van der Waals surface area contributed by atoms with Gasteiger partial charge in [-0.1, -0.05) is 54.6 Å². The second-order valence-corrected chi connectivity index (χ2v) is 6.21. The van der Waals surface area contributed by atoms with Gasteiger partial charge in [-0.05, 0) is 35.9 Å². The zero-order valence-electron chi connectivity index (χ0n) is 12.7. The van der Waals surface area contributed by atoms with E-state index in [4.69, 9.17) is 4.74 Å². The topological polar surface area (TPSA) is 21.3 Å². The van der Waals surface area contributed by atoms with E-state index in [9.17, 15) is 0 Å². The van der Waals surface area contributed by atoms with E-state index >= 15 is 0 Å². The first-order valence-electron chi connectivity index (χ1n) is 8.09. The third kappa shape index (κ3) is 2.34. The minimum absolute atomic E-state index is 0.130. The number of fused-ring (bicyclic) bond motifs is 1. The number of ether oxygens (including phenoxy) is 1. The predicted molar refractivity (Wildman–Crippen MR) is 89.6 cm³/mol. The van der Waals surface area contributed by atoms with Crippen LogP contribution in [-0.4, -0.2) is 18.7 Å². The molecule has 22 heavy (non-hydrogen) atoms. The van der Waals surface area contributed by atoms with E-state index < -0.39 is 0 Å². The molecule has 2 heterocycles. The maximum atomic E-state index is 6.32. The molecule has 0 amide bonds. The summed E-state index contributed by atoms with van der Waals surface area (Å²) in [5, 5.41) is 6.02. The van der Waals surface area contributed by atoms with Gasteiger partial charge in [-0.15, -0.1) is 0 Å². The zero-order chi connectivity index (χ0) is 14.8. The molecule has 1 spiro atoms. The highest BCUT2D eigenvalue weighted by atomic mass is 16.5. The van der Waals surface area contributed by atoms with Crippen molar-refractivity contribution in [2.24, 2.45) is 0 Å². The highest BCUT2D eigenvalue weighted by molar-refractivity contribution is 5.61. The molecule has 0 aromatic heterocycles. The largest absolute Gasteiger partial charge is 0.490 e. The van der Waals surface area contributed by atoms with E-state index in [1.54, 1.807) is 0 Å². The van der Waals surface area contributed by atoms with Gasteiger partial charge in [-0.2, -0.15) is 0 Å². The van der Waals surface area contributed by atoms with Crippen molar-refractivity contribution in [3.8, 4) is 0 Å². The Labute approximate surface area is 131 Å². The van der Waals surface area contributed by atoms with Crippen LogP contribution in [0.25, 0.3) is 11.8 Å². The SMILES string of the molecule is C1=c2ccccc2=C(Cc2ccccc2)C2(CCNCC2)O1. The van der Waals surface area contributed by atoms with Crippen molar-refractivity contribution < 1.29 is 4.74 Å². The second-order valence-electron chi connectivity index (χ2n) is 6.21. The van der Waals surface area contributed by atoms with Crippen molar-refractivity contribution in [1.82, 2.24) is 5.32 Å². The first-order chi connectivity index (χ1) is 10.9. The van der Waals surface area contributed by atoms with E-state index in [0.29, 0.717) is 0 Å². The lowest BCUT2D eigenvalue weighted by Crippen LogP contribution is -2.50. The smallest absolute Gasteiger partial charge is 0.133 e. The third-order valence-electron chi connectivity index (χ3n) is 4.88. The van der Waals surface area contributed by atoms with Crippen LogP contribution in [0.5, 0.6) is 0 Å². The Morgan fingerprint density at radius 1 is 0.909 bits per heavy atom. The van der Waals surface area contributed by atoms with Crippen molar-refractivity contribution in [3.63, 3.8) is 0 Å². The fraction of sp³-hybridized carbons (Fsp3) is 0.300. The summed E-state index contributed by atoms with van der Waals surface area (Å²) < 4.78 is 6.32. The molecule has 0 aliphatic carbocycles. The Kier molecular flexibility index (Phi) is 3.47. The lowest BCUT2D eigenvalue weighted by molar-refractivity contribution is 0.0685. The molecule has 0 atom stereocenters. The van der Waals surface area contributed by atoms with E-state index in [-0.39, 0.29) is 5.60 Å². The highest BCUT2D eigenvalue weighted by Crippen LogP contribution is 2.35. The summed E-state index contributed by atoms with van der Waals surface area (Å²) in [4.78, 5) is 0. The average Bonchev–Trinajstić information content (AvgIpc) is 2.60. The number of piperidine rings is 1. The Morgan fingerprint density at radius 2 is 1.64 bits per heavy atom. The molecule has 2 aromatic rings. The van der Waals surface area contributed by atoms with E-state index in [1.165, 1.54) is 21.6 Å². The van der Waals surface area contributed by atoms with Crippen LogP contribution in [-0.2, 0) is 11.2 Å². The molecule has 1 fully saturated rings. The fourth-order valence-corrected chi connectivity index (χ4v) is 3.67. The van der Waals surface area contributed by atoms with Crippen LogP contribution in [0.2, 0.25) is 0 Å². The van der Waals surface area contributed by atoms with Gasteiger partial charge in [0, 0.05) is 18.1 Å². The molecule has 2 heteroatoms. The van der Waals surface area contributed by atoms with Gasteiger partial charge in [0.05, 0.1) is 6.26 Å². The molecule has 2 nitrogen and oxygen atoms in total. The van der Waals surface area contributed by atoms with Crippen LogP contribution >= 0.6 is 0 Å². The van der Waals surface area contributed by atoms with Gasteiger partial charge in [0.25, 0.3) is 0 Å². The number of benzene rings is 2. The number of hydrogen-bond donors (Lipinski definition) is 1. The molecular formula is C20H21NO. The maximum Gasteiger partial charge on any atom is 0.133 e. The summed E-state index contributed by atoms with van der Waals surface area (Å²) >= 11 is 0. The summed E-state index contributed by atoms with van der Waals surface area (Å²) in [6.07, 6.45) is 5.01. The van der Waals surface area contributed by atoms with Crippen LogP contribution in [0.4, 0.5) is 0 Å². The highest BCUT2D eigenvalue weighted by Gasteiger charge is 2.38. The normalized spacial score (nSPS) is 19.2. The molecular weight excluding hydrogens is 270 g/mol. The fourth-order valence-electron chi connectivity index (χ4n) is 3.67. The van der Waals surface area contributed by atoms with Crippen molar-refractivity contribution in [2.75, 3.05) is 13.1 Å². The van der Waals surface area contributed by atoms with Gasteiger partial charge in [0.2, 0.25) is 0 Å². The Morgan fingerprint density at radius 3 is 2.45 bits per heavy atom. The lowest BCUT2D eigenvalue weighted by Gasteiger charge is -2.41. The molecule has 0 radical (unpaired) electrons. The average molecular weight is 291 g/mol. The van der Waals surface area contributed by atoms with Crippen LogP contribution in [0.15, 0.2) is 54.6 Å². The summed E-state index contributed by atoms with van der Waals surface area (Å²) in [5.41, 5.74) is 2.67. The summed E-state index contributed by atoms with van der Waals surface area (Å²) in [5.74, 6) is 0. The van der Waals surface area contributed by atoms with Crippen molar-refractivity contribution in [3.05, 3.63) is 70.6 Å². The van der Waals surface area contributed by atoms with Gasteiger partial charge in [0.15, 0.2) is 0 Å². The van der Waals surface area contributed by atoms with Gasteiger partial charge in [0.1, 0.15) is 5.60 Å². The Bertz CT molecular complexity index is 773. The van der Waals surface area contributed by atoms with E-state index in [0.717, 1.165) is 32.4 Å². The first kappa shape index (κ1) is 13.6. The molecule has 2 aromatic carbocycles.